The van der Waals surface area contributed by atoms with E-state index < -0.39 is 124 Å². The number of nitrogens with one attached hydrogen (secondary N) is 1. The van der Waals surface area contributed by atoms with Gasteiger partial charge < -0.3 is 89.9 Å². The standard InChI is InChI=1S/C58H103NO18/c1-3-5-7-9-11-13-15-17-18-19-20-21-22-24-25-27-29-31-33-35-42(63)41(59-46(64)36-34-32-30-28-26-23-16-14-12-10-8-6-4-2)40-72-56-52(70)49(67)54(44(38-61)74-56)77-58-53(71)50(68)55(45(39-62)75-58)76-57-51(69)48(66)47(65)43(37-60)73-57/h8,10,14,16,25,27,33,35,41-45,47-58,60-63,65-71H,3-7,9,11-13,15,17-24,26,28-32,34,36-40H2,1-2H3,(H,59,64)/b10-8-,16-14-,27-25+,35-33+. The maximum atomic E-state index is 13.3. The lowest BCUT2D eigenvalue weighted by Crippen LogP contribution is -2.66. The smallest absolute Gasteiger partial charge is 0.220 e. The average Bonchev–Trinajstić information content (AvgIpc) is 3.43. The first-order chi connectivity index (χ1) is 37.3. The van der Waals surface area contributed by atoms with Crippen LogP contribution in [0.3, 0.4) is 0 Å². The first-order valence-corrected chi connectivity index (χ1v) is 29.4. The summed E-state index contributed by atoms with van der Waals surface area (Å²) in [4.78, 5) is 13.3. The predicted octanol–water partition coefficient (Wildman–Crippen LogP) is 4.70. The molecule has 0 spiro atoms. The Morgan fingerprint density at radius 2 is 0.896 bits per heavy atom. The quantitative estimate of drug-likeness (QED) is 0.0291. The van der Waals surface area contributed by atoms with Crippen LogP contribution in [0.25, 0.3) is 0 Å². The van der Waals surface area contributed by atoms with Crippen LogP contribution in [0.5, 0.6) is 0 Å². The van der Waals surface area contributed by atoms with Gasteiger partial charge in [0.2, 0.25) is 5.91 Å². The summed E-state index contributed by atoms with van der Waals surface area (Å²) < 4.78 is 34.2. The van der Waals surface area contributed by atoms with E-state index in [9.17, 15) is 61.0 Å². The zero-order chi connectivity index (χ0) is 56.2. The maximum absolute atomic E-state index is 13.3. The number of hydrogen-bond acceptors (Lipinski definition) is 18. The van der Waals surface area contributed by atoms with Crippen LogP contribution in [0, 0.1) is 0 Å². The molecular formula is C58H103NO18. The van der Waals surface area contributed by atoms with Gasteiger partial charge in [0.1, 0.15) is 73.2 Å². The molecule has 0 aromatic carbocycles. The van der Waals surface area contributed by atoms with Gasteiger partial charge in [-0.1, -0.05) is 165 Å². The molecule has 0 bridgehead atoms. The Kier molecular flexibility index (Phi) is 37.4. The Bertz CT molecular complexity index is 1600. The van der Waals surface area contributed by atoms with Crippen LogP contribution in [0.2, 0.25) is 0 Å². The minimum Gasteiger partial charge on any atom is -0.394 e. The second kappa shape index (κ2) is 41.7. The third-order valence-corrected chi connectivity index (χ3v) is 14.6. The number of aliphatic hydroxyl groups is 11. The fourth-order valence-electron chi connectivity index (χ4n) is 9.71. The Morgan fingerprint density at radius 3 is 1.43 bits per heavy atom. The normalized spacial score (nSPS) is 31.1. The average molecular weight is 1100 g/mol. The molecule has 3 rings (SSSR count). The second-order valence-electron chi connectivity index (χ2n) is 21.1. The van der Waals surface area contributed by atoms with E-state index in [4.69, 9.17) is 28.4 Å². The first-order valence-electron chi connectivity index (χ1n) is 29.4. The van der Waals surface area contributed by atoms with Crippen molar-refractivity contribution in [2.24, 2.45) is 0 Å². The molecule has 19 heteroatoms. The third kappa shape index (κ3) is 26.0. The van der Waals surface area contributed by atoms with E-state index in [0.29, 0.717) is 12.8 Å². The summed E-state index contributed by atoms with van der Waals surface area (Å²) in [6.45, 7) is 1.61. The summed E-state index contributed by atoms with van der Waals surface area (Å²) >= 11 is 0. The van der Waals surface area contributed by atoms with E-state index in [2.05, 4.69) is 55.6 Å². The van der Waals surface area contributed by atoms with Gasteiger partial charge in [-0.05, 0) is 57.8 Å². The molecule has 0 radical (unpaired) electrons. The summed E-state index contributed by atoms with van der Waals surface area (Å²) in [5, 5.41) is 120. The lowest BCUT2D eigenvalue weighted by molar-refractivity contribution is -0.379. The second-order valence-corrected chi connectivity index (χ2v) is 21.1. The summed E-state index contributed by atoms with van der Waals surface area (Å²) in [5.74, 6) is -0.303. The lowest BCUT2D eigenvalue weighted by atomic mass is 9.96. The highest BCUT2D eigenvalue weighted by Crippen LogP contribution is 2.33. The molecule has 77 heavy (non-hydrogen) atoms. The number of carbonyl (C=O) groups excluding carboxylic acids is 1. The van der Waals surface area contributed by atoms with Crippen molar-refractivity contribution in [1.29, 1.82) is 0 Å². The molecule has 3 saturated heterocycles. The van der Waals surface area contributed by atoms with Crippen molar-refractivity contribution in [3.63, 3.8) is 0 Å². The van der Waals surface area contributed by atoms with Gasteiger partial charge in [-0.15, -0.1) is 0 Å². The van der Waals surface area contributed by atoms with Crippen LogP contribution in [0.1, 0.15) is 181 Å². The number of aliphatic hydroxyl groups excluding tert-OH is 11. The van der Waals surface area contributed by atoms with E-state index in [0.717, 1.165) is 70.6 Å². The molecule has 3 fully saturated rings. The lowest BCUT2D eigenvalue weighted by Gasteiger charge is -2.48. The van der Waals surface area contributed by atoms with Crippen LogP contribution in [0.4, 0.5) is 0 Å². The molecule has 0 aliphatic carbocycles. The number of rotatable bonds is 42. The molecule has 0 saturated carbocycles. The Balaban J connectivity index is 1.53. The first kappa shape index (κ1) is 69.0. The van der Waals surface area contributed by atoms with Gasteiger partial charge in [0.15, 0.2) is 18.9 Å². The molecule has 3 heterocycles. The molecule has 3 aliphatic heterocycles. The van der Waals surface area contributed by atoms with Crippen molar-refractivity contribution in [2.45, 2.75) is 285 Å². The van der Waals surface area contributed by atoms with Gasteiger partial charge in [-0.3, -0.25) is 4.79 Å². The highest BCUT2D eigenvalue weighted by atomic mass is 16.8. The number of hydrogen-bond donors (Lipinski definition) is 12. The Labute approximate surface area is 459 Å². The Hall–Kier alpha value is -2.25. The van der Waals surface area contributed by atoms with Gasteiger partial charge >= 0.3 is 0 Å². The molecular weight excluding hydrogens is 999 g/mol. The number of ether oxygens (including phenoxy) is 6. The van der Waals surface area contributed by atoms with Crippen molar-refractivity contribution >= 4 is 5.91 Å². The van der Waals surface area contributed by atoms with E-state index in [1.165, 1.54) is 77.0 Å². The molecule has 17 atom stereocenters. The summed E-state index contributed by atoms with van der Waals surface area (Å²) in [6.07, 6.45) is 18.2. The van der Waals surface area contributed by atoms with Gasteiger partial charge in [0.25, 0.3) is 0 Å². The molecule has 448 valence electrons. The van der Waals surface area contributed by atoms with Crippen LogP contribution < -0.4 is 5.32 Å². The van der Waals surface area contributed by atoms with E-state index in [1.807, 2.05) is 6.08 Å². The van der Waals surface area contributed by atoms with Crippen LogP contribution >= 0.6 is 0 Å². The molecule has 0 aromatic heterocycles. The van der Waals surface area contributed by atoms with Crippen LogP contribution in [-0.2, 0) is 33.2 Å². The van der Waals surface area contributed by atoms with E-state index >= 15 is 0 Å². The highest BCUT2D eigenvalue weighted by Gasteiger charge is 2.53. The SMILES string of the molecule is CCC/C=C\C/C=C\CCCCCCCC(=O)NC(COC1OC(CO)C(OC2OC(CO)C(OC3OC(CO)C(O)C(O)C3O)C(O)C2O)C(O)C1O)C(O)/C=C/CC/C=C/CCCCCCCCCCCCCCC. The summed E-state index contributed by atoms with van der Waals surface area (Å²) in [6, 6.07) is -0.997. The van der Waals surface area contributed by atoms with Crippen molar-refractivity contribution in [3.8, 4) is 0 Å². The van der Waals surface area contributed by atoms with Gasteiger partial charge in [-0.25, -0.2) is 0 Å². The highest BCUT2D eigenvalue weighted by molar-refractivity contribution is 5.76. The number of allylic oxidation sites excluding steroid dienone is 7. The van der Waals surface area contributed by atoms with Gasteiger partial charge in [0, 0.05) is 6.42 Å². The van der Waals surface area contributed by atoms with Crippen molar-refractivity contribution < 1.29 is 89.4 Å². The molecule has 1 amide bonds. The predicted molar refractivity (Wildman–Crippen MR) is 291 cm³/mol. The largest absolute Gasteiger partial charge is 0.394 e. The summed E-state index contributed by atoms with van der Waals surface area (Å²) in [7, 11) is 0. The molecule has 17 unspecified atom stereocenters. The van der Waals surface area contributed by atoms with Crippen LogP contribution in [0.15, 0.2) is 48.6 Å². The zero-order valence-electron chi connectivity index (χ0n) is 46.4. The molecule has 0 aromatic rings. The van der Waals surface area contributed by atoms with Gasteiger partial charge in [-0.2, -0.15) is 0 Å². The number of amides is 1. The van der Waals surface area contributed by atoms with Crippen LogP contribution in [-0.4, -0.2) is 193 Å². The monoisotopic (exact) mass is 1100 g/mol. The third-order valence-electron chi connectivity index (χ3n) is 14.6. The zero-order valence-corrected chi connectivity index (χ0v) is 46.4. The number of carbonyl (C=O) groups is 1. The number of unbranched alkanes of at least 4 members (excludes halogenated alkanes) is 20. The molecule has 19 nitrogen and oxygen atoms in total. The topological polar surface area (TPSA) is 307 Å². The minimum atomic E-state index is -1.98. The molecule has 12 N–H and O–H groups in total. The Morgan fingerprint density at radius 1 is 0.468 bits per heavy atom. The minimum absolute atomic E-state index is 0.218. The van der Waals surface area contributed by atoms with E-state index in [-0.39, 0.29) is 18.9 Å². The molecule has 3 aliphatic rings. The fourth-order valence-corrected chi connectivity index (χ4v) is 9.71. The van der Waals surface area contributed by atoms with Crippen molar-refractivity contribution in [3.05, 3.63) is 48.6 Å². The van der Waals surface area contributed by atoms with Gasteiger partial charge in [0.05, 0.1) is 38.6 Å². The van der Waals surface area contributed by atoms with E-state index in [1.54, 1.807) is 6.08 Å². The van der Waals surface area contributed by atoms with Crippen molar-refractivity contribution in [2.75, 3.05) is 26.4 Å². The fraction of sp³-hybridized carbons (Fsp3) is 0.845. The maximum Gasteiger partial charge on any atom is 0.220 e. The van der Waals surface area contributed by atoms with Crippen molar-refractivity contribution in [1.82, 2.24) is 5.32 Å². The summed E-state index contributed by atoms with van der Waals surface area (Å²) in [5.41, 5.74) is 0.